The van der Waals surface area contributed by atoms with Crippen molar-refractivity contribution in [1.82, 2.24) is 0 Å². The summed E-state index contributed by atoms with van der Waals surface area (Å²) in [6.07, 6.45) is 32.9. The summed E-state index contributed by atoms with van der Waals surface area (Å²) >= 11 is 0. The van der Waals surface area contributed by atoms with Crippen molar-refractivity contribution in [2.75, 3.05) is 6.61 Å². The van der Waals surface area contributed by atoms with Crippen LogP contribution >= 0.6 is 0 Å². The number of hydrogen-bond donors (Lipinski definition) is 3. The Balaban J connectivity index is 1.98. The number of hydrogen-bond acceptors (Lipinski definition) is 6. The molecule has 1 aliphatic heterocycles. The fourth-order valence-electron chi connectivity index (χ4n) is 6.34. The van der Waals surface area contributed by atoms with E-state index in [-0.39, 0.29) is 12.2 Å². The molecule has 1 rings (SSSR count). The van der Waals surface area contributed by atoms with Crippen molar-refractivity contribution in [3.8, 4) is 0 Å². The molecule has 45 heavy (non-hydrogen) atoms. The quantitative estimate of drug-likeness (QED) is 0.0314. The van der Waals surface area contributed by atoms with E-state index in [2.05, 4.69) is 13.0 Å². The van der Waals surface area contributed by atoms with Crippen molar-refractivity contribution >= 4 is 5.97 Å². The smallest absolute Gasteiger partial charge is 0.330 e. The molecular weight excluding hydrogens is 564 g/mol. The number of aliphatic hydroxyl groups excluding tert-OH is 3. The maximum atomic E-state index is 11.6. The van der Waals surface area contributed by atoms with E-state index in [0.29, 0.717) is 18.6 Å². The number of aliphatic hydroxyl groups is 3. The van der Waals surface area contributed by atoms with Crippen molar-refractivity contribution in [3.63, 3.8) is 0 Å². The highest BCUT2D eigenvalue weighted by Crippen LogP contribution is 2.28. The summed E-state index contributed by atoms with van der Waals surface area (Å²) < 4.78 is 11.0. The van der Waals surface area contributed by atoms with Gasteiger partial charge in [0, 0.05) is 6.08 Å². The molecule has 3 N–H and O–H groups in total. The molecule has 0 unspecified atom stereocenters. The molecule has 1 aliphatic rings. The molecule has 6 nitrogen and oxygen atoms in total. The monoisotopic (exact) mass is 637 g/mol. The Morgan fingerprint density at radius 1 is 0.689 bits per heavy atom. The third-order valence-electron chi connectivity index (χ3n) is 9.31. The Labute approximate surface area is 277 Å². The summed E-state index contributed by atoms with van der Waals surface area (Å²) in [5, 5.41) is 31.1. The first kappa shape index (κ1) is 41.8. The Morgan fingerprint density at radius 3 is 1.58 bits per heavy atom. The van der Waals surface area contributed by atoms with Crippen molar-refractivity contribution in [2.45, 2.75) is 212 Å². The highest BCUT2D eigenvalue weighted by atomic mass is 16.5. The third kappa shape index (κ3) is 22.9. The predicted molar refractivity (Wildman–Crippen MR) is 187 cm³/mol. The third-order valence-corrected chi connectivity index (χ3v) is 9.31. The molecule has 1 heterocycles. The Hall–Kier alpha value is -1.21. The van der Waals surface area contributed by atoms with Gasteiger partial charge in [-0.25, -0.2) is 4.79 Å². The van der Waals surface area contributed by atoms with E-state index in [1.54, 1.807) is 13.8 Å². The van der Waals surface area contributed by atoms with Crippen LogP contribution in [0.5, 0.6) is 0 Å². The lowest BCUT2D eigenvalue weighted by Gasteiger charge is -2.22. The van der Waals surface area contributed by atoms with Crippen LogP contribution in [-0.2, 0) is 14.3 Å². The molecule has 5 atom stereocenters. The van der Waals surface area contributed by atoms with Crippen molar-refractivity contribution in [1.29, 1.82) is 0 Å². The molecule has 0 spiro atoms. The number of rotatable bonds is 30. The fourth-order valence-corrected chi connectivity index (χ4v) is 6.34. The molecule has 1 saturated heterocycles. The number of carbonyl (C=O) groups excluding carboxylic acids is 1. The first-order valence-corrected chi connectivity index (χ1v) is 19.1. The molecule has 0 bridgehead atoms. The van der Waals surface area contributed by atoms with Gasteiger partial charge in [0.25, 0.3) is 0 Å². The van der Waals surface area contributed by atoms with Gasteiger partial charge in [-0.3, -0.25) is 0 Å². The minimum absolute atomic E-state index is 0.103. The topological polar surface area (TPSA) is 96.2 Å². The first-order chi connectivity index (χ1) is 21.9. The summed E-state index contributed by atoms with van der Waals surface area (Å²) in [5.74, 6) is -0.396. The van der Waals surface area contributed by atoms with Crippen LogP contribution < -0.4 is 0 Å². The predicted octanol–water partition coefficient (Wildman–Crippen LogP) is 9.67. The van der Waals surface area contributed by atoms with Gasteiger partial charge in [0.2, 0.25) is 0 Å². The summed E-state index contributed by atoms with van der Waals surface area (Å²) in [4.78, 5) is 11.6. The number of carbonyl (C=O) groups is 1. The van der Waals surface area contributed by atoms with E-state index in [9.17, 15) is 20.1 Å². The average molecular weight is 637 g/mol. The van der Waals surface area contributed by atoms with Gasteiger partial charge >= 0.3 is 5.97 Å². The second-order valence-electron chi connectivity index (χ2n) is 13.5. The number of allylic oxidation sites excluding steroid dienone is 2. The molecule has 0 aromatic rings. The number of ether oxygens (including phenoxy) is 2. The Morgan fingerprint density at radius 2 is 1.13 bits per heavy atom. The van der Waals surface area contributed by atoms with Gasteiger partial charge < -0.3 is 24.8 Å². The molecule has 1 fully saturated rings. The van der Waals surface area contributed by atoms with Gasteiger partial charge in [0.05, 0.1) is 37.1 Å². The van der Waals surface area contributed by atoms with Gasteiger partial charge in [-0.1, -0.05) is 135 Å². The summed E-state index contributed by atoms with van der Waals surface area (Å²) in [7, 11) is 0. The Bertz CT molecular complexity index is 748. The fraction of sp³-hybridized carbons (Fsp3) is 0.872. The Kier molecular flexibility index (Phi) is 26.9. The van der Waals surface area contributed by atoms with Crippen LogP contribution in [0, 0.1) is 0 Å². The van der Waals surface area contributed by atoms with E-state index < -0.39 is 24.3 Å². The van der Waals surface area contributed by atoms with Crippen molar-refractivity contribution in [3.05, 3.63) is 23.8 Å². The lowest BCUT2D eigenvalue weighted by atomic mass is 10.00. The van der Waals surface area contributed by atoms with Gasteiger partial charge in [0.15, 0.2) is 0 Å². The summed E-state index contributed by atoms with van der Waals surface area (Å²) in [6.45, 7) is 6.05. The normalized spacial score (nSPS) is 19.3. The van der Waals surface area contributed by atoms with E-state index in [1.807, 2.05) is 6.08 Å². The standard InChI is InChI=1S/C39H72O6/c1-4-6-7-8-9-10-11-12-16-19-22-25-28-35(41)37-30-31-38(45-37)36(42)29-26-23-20-17-14-13-15-18-21-24-27-34(33(3)40)32-39(43)44-5-2/h21,24,32-33,35-38,40-42H,4-20,22-23,25-31H2,1-3H3/b24-21+,34-32-/t33-,35+,36-,37+,38-/m0/s1. The van der Waals surface area contributed by atoms with E-state index >= 15 is 0 Å². The van der Waals surface area contributed by atoms with Gasteiger partial charge in [-0.2, -0.15) is 0 Å². The second-order valence-corrected chi connectivity index (χ2v) is 13.5. The maximum absolute atomic E-state index is 11.6. The summed E-state index contributed by atoms with van der Waals surface area (Å²) in [6, 6.07) is 0. The van der Waals surface area contributed by atoms with Gasteiger partial charge in [-0.05, 0) is 64.4 Å². The minimum atomic E-state index is -0.658. The highest BCUT2D eigenvalue weighted by molar-refractivity contribution is 5.83. The van der Waals surface area contributed by atoms with E-state index in [1.165, 1.54) is 102 Å². The lowest BCUT2D eigenvalue weighted by Crippen LogP contribution is -2.31. The largest absolute Gasteiger partial charge is 0.463 e. The molecule has 0 amide bonds. The highest BCUT2D eigenvalue weighted by Gasteiger charge is 2.33. The molecule has 0 saturated carbocycles. The molecule has 264 valence electrons. The first-order valence-electron chi connectivity index (χ1n) is 19.1. The number of unbranched alkanes of at least 4 members (excludes halogenated alkanes) is 18. The lowest BCUT2D eigenvalue weighted by molar-refractivity contribution is -0.137. The average Bonchev–Trinajstić information content (AvgIpc) is 3.52. The van der Waals surface area contributed by atoms with E-state index in [0.717, 1.165) is 57.8 Å². The van der Waals surface area contributed by atoms with Crippen LogP contribution in [0.25, 0.3) is 0 Å². The molecule has 0 aliphatic carbocycles. The SMILES string of the molecule is CCCCCCCCCCCCCC[C@@H](O)[C@H]1CC[C@@H]([C@@H](O)CCCCCCCCC/C=C/C/C(=C/C(=O)OCC)[C@H](C)O)O1. The van der Waals surface area contributed by atoms with Crippen LogP contribution in [0.2, 0.25) is 0 Å². The van der Waals surface area contributed by atoms with Crippen LogP contribution in [-0.4, -0.2) is 58.4 Å². The van der Waals surface area contributed by atoms with Crippen LogP contribution in [0.1, 0.15) is 181 Å². The molecule has 0 aromatic heterocycles. The zero-order chi connectivity index (χ0) is 33.0. The molecule has 0 radical (unpaired) electrons. The van der Waals surface area contributed by atoms with Crippen molar-refractivity contribution in [2.24, 2.45) is 0 Å². The zero-order valence-corrected chi connectivity index (χ0v) is 29.6. The minimum Gasteiger partial charge on any atom is -0.463 e. The summed E-state index contributed by atoms with van der Waals surface area (Å²) in [5.41, 5.74) is 0.678. The second kappa shape index (κ2) is 29.0. The van der Waals surface area contributed by atoms with Gasteiger partial charge in [0.1, 0.15) is 0 Å². The van der Waals surface area contributed by atoms with E-state index in [4.69, 9.17) is 9.47 Å². The van der Waals surface area contributed by atoms with Gasteiger partial charge in [-0.15, -0.1) is 0 Å². The maximum Gasteiger partial charge on any atom is 0.330 e. The van der Waals surface area contributed by atoms with Crippen LogP contribution in [0.3, 0.4) is 0 Å². The number of esters is 1. The molecule has 6 heteroatoms. The van der Waals surface area contributed by atoms with Crippen molar-refractivity contribution < 1.29 is 29.6 Å². The van der Waals surface area contributed by atoms with Crippen LogP contribution in [0.4, 0.5) is 0 Å². The molecule has 0 aromatic carbocycles. The molecular formula is C39H72O6. The van der Waals surface area contributed by atoms with Crippen LogP contribution in [0.15, 0.2) is 23.8 Å². The zero-order valence-electron chi connectivity index (χ0n) is 29.6.